The third-order valence-corrected chi connectivity index (χ3v) is 4.64. The first-order valence-electron chi connectivity index (χ1n) is 9.56. The van der Waals surface area contributed by atoms with Crippen LogP contribution in [0.2, 0.25) is 0 Å². The van der Waals surface area contributed by atoms with Gasteiger partial charge in [0.25, 0.3) is 0 Å². The van der Waals surface area contributed by atoms with Crippen LogP contribution in [0.1, 0.15) is 18.4 Å². The van der Waals surface area contributed by atoms with Crippen LogP contribution in [0, 0.1) is 0 Å². The first-order valence-corrected chi connectivity index (χ1v) is 10.2. The van der Waals surface area contributed by atoms with Crippen molar-refractivity contribution in [2.75, 3.05) is 12.3 Å². The van der Waals surface area contributed by atoms with Crippen molar-refractivity contribution >= 4 is 42.2 Å². The van der Waals surface area contributed by atoms with Crippen molar-refractivity contribution in [1.82, 2.24) is 16.0 Å². The second-order valence-electron chi connectivity index (χ2n) is 6.90. The second kappa shape index (κ2) is 13.2. The summed E-state index contributed by atoms with van der Waals surface area (Å²) in [6.45, 7) is -0.680. The SMILES string of the molecule is NC(=O)CCC(NC(=O)C(CS)NC(=O)C(N)Cc1ccc(O)cc1)C(=O)NCC(=O)O. The topological polar surface area (TPSA) is 214 Å². The van der Waals surface area contributed by atoms with E-state index in [4.69, 9.17) is 16.6 Å². The van der Waals surface area contributed by atoms with Gasteiger partial charge in [-0.1, -0.05) is 12.1 Å². The molecule has 0 fully saturated rings. The Morgan fingerprint density at radius 3 is 2.09 bits per heavy atom. The predicted octanol–water partition coefficient (Wildman–Crippen LogP) is -2.37. The molecule has 0 aliphatic carbocycles. The van der Waals surface area contributed by atoms with E-state index in [1.165, 1.54) is 12.1 Å². The van der Waals surface area contributed by atoms with E-state index < -0.39 is 54.3 Å². The number of phenolic OH excluding ortho intramolecular Hbond substituents is 1. The Morgan fingerprint density at radius 2 is 1.56 bits per heavy atom. The van der Waals surface area contributed by atoms with Crippen molar-refractivity contribution in [1.29, 1.82) is 0 Å². The van der Waals surface area contributed by atoms with Crippen LogP contribution < -0.4 is 27.4 Å². The summed E-state index contributed by atoms with van der Waals surface area (Å²) in [4.78, 5) is 58.8. The minimum atomic E-state index is -1.29. The highest BCUT2D eigenvalue weighted by atomic mass is 32.1. The standard InChI is InChI=1S/C19H27N5O7S/c20-12(7-10-1-3-11(25)4-2-10)17(29)24-14(9-32)19(31)23-13(5-6-15(21)26)18(30)22-8-16(27)28/h1-4,12-14,25,32H,5-9,20H2,(H2,21,26)(H,22,30)(H,23,31)(H,24,29)(H,27,28). The average molecular weight is 470 g/mol. The van der Waals surface area contributed by atoms with Gasteiger partial charge in [-0.25, -0.2) is 0 Å². The smallest absolute Gasteiger partial charge is 0.322 e. The summed E-state index contributed by atoms with van der Waals surface area (Å²) >= 11 is 4.04. The molecular weight excluding hydrogens is 442 g/mol. The van der Waals surface area contributed by atoms with E-state index in [0.717, 1.165) is 0 Å². The Labute approximate surface area is 189 Å². The molecule has 3 unspecified atom stereocenters. The van der Waals surface area contributed by atoms with Gasteiger partial charge in [0, 0.05) is 12.2 Å². The molecule has 1 aromatic carbocycles. The van der Waals surface area contributed by atoms with Crippen molar-refractivity contribution in [2.24, 2.45) is 11.5 Å². The number of hydrogen-bond acceptors (Lipinski definition) is 8. The molecule has 0 saturated carbocycles. The lowest BCUT2D eigenvalue weighted by atomic mass is 10.1. The van der Waals surface area contributed by atoms with Gasteiger partial charge in [0.1, 0.15) is 24.4 Å². The number of nitrogens with one attached hydrogen (secondary N) is 3. The molecule has 1 aromatic rings. The summed E-state index contributed by atoms with van der Waals surface area (Å²) < 4.78 is 0. The van der Waals surface area contributed by atoms with Crippen LogP contribution in [-0.4, -0.2) is 70.2 Å². The van der Waals surface area contributed by atoms with Gasteiger partial charge in [-0.2, -0.15) is 12.6 Å². The molecule has 32 heavy (non-hydrogen) atoms. The summed E-state index contributed by atoms with van der Waals surface area (Å²) in [5.74, 6) is -4.30. The fourth-order valence-electron chi connectivity index (χ4n) is 2.57. The van der Waals surface area contributed by atoms with Gasteiger partial charge in [-0.3, -0.25) is 24.0 Å². The van der Waals surface area contributed by atoms with Gasteiger partial charge in [0.15, 0.2) is 0 Å². The van der Waals surface area contributed by atoms with E-state index in [1.807, 2.05) is 0 Å². The van der Waals surface area contributed by atoms with Crippen LogP contribution in [0.5, 0.6) is 5.75 Å². The molecule has 0 saturated heterocycles. The number of carbonyl (C=O) groups excluding carboxylic acids is 4. The molecule has 0 spiro atoms. The number of amides is 4. The van der Waals surface area contributed by atoms with E-state index in [0.29, 0.717) is 5.56 Å². The molecule has 0 heterocycles. The Morgan fingerprint density at radius 1 is 0.969 bits per heavy atom. The number of carboxylic acid groups (broad SMARTS) is 1. The quantitative estimate of drug-likeness (QED) is 0.146. The number of benzene rings is 1. The van der Waals surface area contributed by atoms with Crippen LogP contribution in [0.15, 0.2) is 24.3 Å². The number of aliphatic carboxylic acids is 1. The molecule has 0 aromatic heterocycles. The fraction of sp³-hybridized carbons (Fsp3) is 0.421. The number of nitrogens with two attached hydrogens (primary N) is 2. The Bertz CT molecular complexity index is 834. The van der Waals surface area contributed by atoms with Crippen LogP contribution in [0.4, 0.5) is 0 Å². The number of thiol groups is 1. The highest BCUT2D eigenvalue weighted by molar-refractivity contribution is 7.80. The summed E-state index contributed by atoms with van der Waals surface area (Å²) in [7, 11) is 0. The Hall–Kier alpha value is -3.32. The predicted molar refractivity (Wildman–Crippen MR) is 117 cm³/mol. The number of aromatic hydroxyl groups is 1. The van der Waals surface area contributed by atoms with Crippen molar-refractivity contribution in [3.8, 4) is 5.75 Å². The molecular formula is C19H27N5O7S. The summed E-state index contributed by atoms with van der Waals surface area (Å²) in [6.07, 6.45) is -0.257. The number of carbonyl (C=O) groups is 5. The maximum Gasteiger partial charge on any atom is 0.322 e. The zero-order chi connectivity index (χ0) is 24.3. The largest absolute Gasteiger partial charge is 0.508 e. The zero-order valence-corrected chi connectivity index (χ0v) is 18.0. The van der Waals surface area contributed by atoms with Crippen molar-refractivity contribution in [3.63, 3.8) is 0 Å². The molecule has 13 heteroatoms. The molecule has 1 rings (SSSR count). The highest BCUT2D eigenvalue weighted by Gasteiger charge is 2.28. The third-order valence-electron chi connectivity index (χ3n) is 4.27. The summed E-state index contributed by atoms with van der Waals surface area (Å²) in [5.41, 5.74) is 11.7. The summed E-state index contributed by atoms with van der Waals surface area (Å²) in [6, 6.07) is 2.70. The molecule has 0 bridgehead atoms. The van der Waals surface area contributed by atoms with Gasteiger partial charge in [-0.05, 0) is 30.5 Å². The molecule has 12 nitrogen and oxygen atoms in total. The lowest BCUT2D eigenvalue weighted by molar-refractivity contribution is -0.138. The molecule has 4 amide bonds. The summed E-state index contributed by atoms with van der Waals surface area (Å²) in [5, 5.41) is 24.9. The highest BCUT2D eigenvalue weighted by Crippen LogP contribution is 2.11. The average Bonchev–Trinajstić information content (AvgIpc) is 2.74. The molecule has 3 atom stereocenters. The number of primary amides is 1. The maximum atomic E-state index is 12.6. The zero-order valence-electron chi connectivity index (χ0n) is 17.1. The van der Waals surface area contributed by atoms with E-state index in [1.54, 1.807) is 12.1 Å². The van der Waals surface area contributed by atoms with Crippen molar-refractivity contribution in [2.45, 2.75) is 37.4 Å². The molecule has 176 valence electrons. The van der Waals surface area contributed by atoms with Crippen molar-refractivity contribution < 1.29 is 34.2 Å². The minimum absolute atomic E-state index is 0.0665. The first-order chi connectivity index (χ1) is 15.0. The van der Waals surface area contributed by atoms with Gasteiger partial charge in [-0.15, -0.1) is 0 Å². The van der Waals surface area contributed by atoms with Crippen LogP contribution in [0.3, 0.4) is 0 Å². The third kappa shape index (κ3) is 9.66. The maximum absolute atomic E-state index is 12.6. The van der Waals surface area contributed by atoms with Gasteiger partial charge in [0.2, 0.25) is 23.6 Å². The minimum Gasteiger partial charge on any atom is -0.508 e. The van der Waals surface area contributed by atoms with E-state index in [2.05, 4.69) is 28.6 Å². The van der Waals surface area contributed by atoms with E-state index >= 15 is 0 Å². The molecule has 0 radical (unpaired) electrons. The van der Waals surface area contributed by atoms with Crippen molar-refractivity contribution in [3.05, 3.63) is 29.8 Å². The van der Waals surface area contributed by atoms with Crippen LogP contribution in [-0.2, 0) is 30.4 Å². The van der Waals surface area contributed by atoms with E-state index in [-0.39, 0.29) is 30.8 Å². The number of phenols is 1. The molecule has 9 N–H and O–H groups in total. The monoisotopic (exact) mass is 469 g/mol. The van der Waals surface area contributed by atoms with Crippen LogP contribution in [0.25, 0.3) is 0 Å². The van der Waals surface area contributed by atoms with Crippen LogP contribution >= 0.6 is 12.6 Å². The lowest BCUT2D eigenvalue weighted by Crippen LogP contribution is -2.57. The van der Waals surface area contributed by atoms with Gasteiger partial charge >= 0.3 is 5.97 Å². The lowest BCUT2D eigenvalue weighted by Gasteiger charge is -2.23. The first kappa shape index (κ1) is 26.7. The Balaban J connectivity index is 2.75. The normalized spacial score (nSPS) is 13.3. The number of rotatable bonds is 13. The van der Waals surface area contributed by atoms with Gasteiger partial charge < -0.3 is 37.6 Å². The fourth-order valence-corrected chi connectivity index (χ4v) is 2.82. The number of carboxylic acids is 1. The Kier molecular flexibility index (Phi) is 11.0. The van der Waals surface area contributed by atoms with E-state index in [9.17, 15) is 29.1 Å². The molecule has 0 aliphatic heterocycles. The van der Waals surface area contributed by atoms with Gasteiger partial charge in [0.05, 0.1) is 6.04 Å². The molecule has 0 aliphatic rings. The second-order valence-corrected chi connectivity index (χ2v) is 7.26. The number of hydrogen-bond donors (Lipinski definition) is 8.